The maximum atomic E-state index is 11.7. The van der Waals surface area contributed by atoms with Gasteiger partial charge in [0.15, 0.2) is 5.78 Å². The van der Waals surface area contributed by atoms with E-state index in [1.807, 2.05) is 59.0 Å². The Labute approximate surface area is 251 Å². The van der Waals surface area contributed by atoms with Gasteiger partial charge in [-0.1, -0.05) is 50.3 Å². The van der Waals surface area contributed by atoms with E-state index in [9.17, 15) is 9.90 Å². The first-order chi connectivity index (χ1) is 18.8. The van der Waals surface area contributed by atoms with Gasteiger partial charge >= 0.3 is 0 Å². The summed E-state index contributed by atoms with van der Waals surface area (Å²) in [7, 11) is 0. The van der Waals surface area contributed by atoms with Gasteiger partial charge in [-0.25, -0.2) is 4.98 Å². The molecule has 0 unspecified atom stereocenters. The van der Waals surface area contributed by atoms with Crippen LogP contribution >= 0.6 is 0 Å². The standard InChI is InChI=1S/C21H15N2O.C13H24O2.Ir/c1-12-6-8-15-14(12)10-11-22-19(15)18-5-3-4-16-17-9-7-13(2)23-21(17)24-20(16)18;1-5-10(6-2)12(14)9-13(15)11(7-3)8-4;/h3-4,6-7,9-11H,8H2,1-2H3;9-11,14H,5-8H2,1-4H3;/q-1;;/b;12-9-;. The second-order valence-corrected chi connectivity index (χ2v) is 10.3. The number of furan rings is 1. The third-order valence-corrected chi connectivity index (χ3v) is 7.85. The minimum absolute atomic E-state index is 0. The van der Waals surface area contributed by atoms with Crippen molar-refractivity contribution < 1.29 is 34.4 Å². The molecule has 5 rings (SSSR count). The molecule has 1 aliphatic carbocycles. The molecule has 0 spiro atoms. The van der Waals surface area contributed by atoms with Gasteiger partial charge in [-0.15, -0.1) is 18.2 Å². The molecule has 0 aliphatic heterocycles. The zero-order valence-corrected chi connectivity index (χ0v) is 26.7. The molecule has 4 aromatic rings. The van der Waals surface area contributed by atoms with Crippen LogP contribution in [0.5, 0.6) is 0 Å². The van der Waals surface area contributed by atoms with E-state index < -0.39 is 0 Å². The van der Waals surface area contributed by atoms with Gasteiger partial charge < -0.3 is 14.5 Å². The number of aliphatic hydroxyl groups is 1. The molecule has 0 fully saturated rings. The topological polar surface area (TPSA) is 76.2 Å². The number of ketones is 1. The van der Waals surface area contributed by atoms with Crippen LogP contribution in [0.1, 0.15) is 77.1 Å². The summed E-state index contributed by atoms with van der Waals surface area (Å²) in [6.45, 7) is 12.2. The number of rotatable bonds is 8. The Bertz CT molecular complexity index is 1540. The molecular formula is C34H39IrN2O3-. The number of benzene rings is 1. The molecule has 40 heavy (non-hydrogen) atoms. The first-order valence-corrected chi connectivity index (χ1v) is 14.1. The largest absolute Gasteiger partial charge is 0.512 e. The van der Waals surface area contributed by atoms with Gasteiger partial charge in [-0.05, 0) is 81.0 Å². The number of pyridine rings is 2. The summed E-state index contributed by atoms with van der Waals surface area (Å²) in [6.07, 6.45) is 9.93. The Balaban J connectivity index is 0.000000243. The fraction of sp³-hybridized carbons (Fsp3) is 0.382. The Morgan fingerprint density at radius 1 is 1.02 bits per heavy atom. The Morgan fingerprint density at radius 2 is 1.73 bits per heavy atom. The molecule has 213 valence electrons. The van der Waals surface area contributed by atoms with Gasteiger partial charge in [-0.2, -0.15) is 0 Å². The average molecular weight is 716 g/mol. The van der Waals surface area contributed by atoms with Crippen LogP contribution < -0.4 is 0 Å². The molecule has 0 bridgehead atoms. The Hall–Kier alpha value is -3.08. The monoisotopic (exact) mass is 716 g/mol. The molecule has 1 aromatic carbocycles. The van der Waals surface area contributed by atoms with Gasteiger partial charge in [0.1, 0.15) is 0 Å². The van der Waals surface area contributed by atoms with Crippen molar-refractivity contribution in [3.05, 3.63) is 77.3 Å². The number of aromatic nitrogens is 2. The smallest absolute Gasteiger partial charge is 0.216 e. The van der Waals surface area contributed by atoms with E-state index in [0.29, 0.717) is 5.71 Å². The van der Waals surface area contributed by atoms with Crippen LogP contribution in [0.15, 0.2) is 58.9 Å². The predicted octanol–water partition coefficient (Wildman–Crippen LogP) is 8.98. The maximum absolute atomic E-state index is 11.7. The van der Waals surface area contributed by atoms with E-state index in [1.54, 1.807) is 0 Å². The third kappa shape index (κ3) is 6.45. The van der Waals surface area contributed by atoms with Crippen molar-refractivity contribution in [2.24, 2.45) is 11.8 Å². The summed E-state index contributed by atoms with van der Waals surface area (Å²) in [5.41, 5.74) is 8.15. The van der Waals surface area contributed by atoms with E-state index in [1.165, 1.54) is 22.8 Å². The van der Waals surface area contributed by atoms with Crippen molar-refractivity contribution in [2.45, 2.75) is 73.6 Å². The summed E-state index contributed by atoms with van der Waals surface area (Å²) in [5.74, 6) is 0.547. The van der Waals surface area contributed by atoms with Crippen LogP contribution in [0.25, 0.3) is 38.9 Å². The first-order valence-electron chi connectivity index (χ1n) is 14.1. The zero-order valence-electron chi connectivity index (χ0n) is 24.3. The number of aryl methyl sites for hydroxylation is 1. The SMILES string of the molecule is CC1=CCc2c1ccnc2-c1[c-]ccc2c1oc1nc(C)ccc12.CCC(CC)C(=O)/C=C(\O)C(CC)CC.[Ir]. The fourth-order valence-electron chi connectivity index (χ4n) is 5.32. The number of allylic oxidation sites excluding steroid dienone is 4. The minimum Gasteiger partial charge on any atom is -0.512 e. The second kappa shape index (κ2) is 14.0. The van der Waals surface area contributed by atoms with Crippen molar-refractivity contribution in [2.75, 3.05) is 0 Å². The molecule has 0 saturated heterocycles. The molecular weight excluding hydrogens is 677 g/mol. The van der Waals surface area contributed by atoms with Gasteiger partial charge in [0.25, 0.3) is 0 Å². The number of aliphatic hydroxyl groups excluding tert-OH is 1. The normalized spacial score (nSPS) is 12.8. The molecule has 1 N–H and O–H groups in total. The number of hydrogen-bond donors (Lipinski definition) is 1. The summed E-state index contributed by atoms with van der Waals surface area (Å²) >= 11 is 0. The molecule has 1 radical (unpaired) electrons. The van der Waals surface area contributed by atoms with Gasteiger partial charge in [0, 0.05) is 55.3 Å². The van der Waals surface area contributed by atoms with Crippen molar-refractivity contribution in [3.8, 4) is 11.3 Å². The van der Waals surface area contributed by atoms with Crippen LogP contribution in [-0.4, -0.2) is 20.9 Å². The van der Waals surface area contributed by atoms with Crippen LogP contribution in [0.4, 0.5) is 0 Å². The van der Waals surface area contributed by atoms with Crippen LogP contribution in [-0.2, 0) is 31.3 Å². The molecule has 5 nitrogen and oxygen atoms in total. The number of fused-ring (bicyclic) bond motifs is 4. The average Bonchev–Trinajstić information content (AvgIpc) is 3.50. The zero-order chi connectivity index (χ0) is 28.1. The predicted molar refractivity (Wildman–Crippen MR) is 160 cm³/mol. The maximum Gasteiger partial charge on any atom is 0.216 e. The molecule has 0 saturated carbocycles. The molecule has 3 heterocycles. The van der Waals surface area contributed by atoms with E-state index in [-0.39, 0.29) is 43.5 Å². The summed E-state index contributed by atoms with van der Waals surface area (Å²) in [6, 6.07) is 13.5. The molecule has 3 aromatic heterocycles. The fourth-order valence-corrected chi connectivity index (χ4v) is 5.32. The number of nitrogens with zero attached hydrogens (tertiary/aromatic N) is 2. The summed E-state index contributed by atoms with van der Waals surface area (Å²) in [4.78, 5) is 20.9. The summed E-state index contributed by atoms with van der Waals surface area (Å²) < 4.78 is 6.11. The third-order valence-electron chi connectivity index (χ3n) is 7.85. The molecule has 0 atom stereocenters. The van der Waals surface area contributed by atoms with Gasteiger partial charge in [-0.3, -0.25) is 4.79 Å². The van der Waals surface area contributed by atoms with Crippen molar-refractivity contribution in [3.63, 3.8) is 0 Å². The first kappa shape index (κ1) is 31.4. The van der Waals surface area contributed by atoms with Crippen molar-refractivity contribution >= 4 is 33.4 Å². The number of carbonyl (C=O) groups is 1. The van der Waals surface area contributed by atoms with Crippen molar-refractivity contribution in [1.82, 2.24) is 9.97 Å². The Kier molecular flexibility index (Phi) is 11.0. The molecule has 1 aliphatic rings. The van der Waals surface area contributed by atoms with E-state index in [2.05, 4.69) is 41.2 Å². The van der Waals surface area contributed by atoms with Crippen LogP contribution in [0.2, 0.25) is 0 Å². The van der Waals surface area contributed by atoms with E-state index >= 15 is 0 Å². The van der Waals surface area contributed by atoms with E-state index in [4.69, 9.17) is 4.42 Å². The van der Waals surface area contributed by atoms with Crippen molar-refractivity contribution in [1.29, 1.82) is 0 Å². The van der Waals surface area contributed by atoms with Gasteiger partial charge in [0.2, 0.25) is 5.71 Å². The number of hydrogen-bond acceptors (Lipinski definition) is 5. The van der Waals surface area contributed by atoms with Gasteiger partial charge in [0.05, 0.1) is 11.3 Å². The molecule has 0 amide bonds. The van der Waals surface area contributed by atoms with Crippen LogP contribution in [0.3, 0.4) is 0 Å². The van der Waals surface area contributed by atoms with Crippen LogP contribution in [0, 0.1) is 24.8 Å². The minimum atomic E-state index is 0. The Morgan fingerprint density at radius 3 is 2.40 bits per heavy atom. The molecule has 6 heteroatoms. The number of carbonyl (C=O) groups excluding carboxylic acids is 1. The quantitative estimate of drug-likeness (QED) is 0.112. The van der Waals surface area contributed by atoms with E-state index in [0.717, 1.165) is 65.4 Å². The summed E-state index contributed by atoms with van der Waals surface area (Å²) in [5, 5.41) is 11.9. The second-order valence-electron chi connectivity index (χ2n) is 10.3.